The first-order valence-corrected chi connectivity index (χ1v) is 12.9. The summed E-state index contributed by atoms with van der Waals surface area (Å²) in [5, 5.41) is 11.0. The Morgan fingerprint density at radius 2 is 1.76 bits per heavy atom. The van der Waals surface area contributed by atoms with Crippen LogP contribution in [0.3, 0.4) is 0 Å². The molecule has 0 saturated carbocycles. The van der Waals surface area contributed by atoms with Crippen molar-refractivity contribution in [1.29, 1.82) is 0 Å². The summed E-state index contributed by atoms with van der Waals surface area (Å²) in [6.07, 6.45) is 4.36. The molecule has 0 fully saturated rings. The van der Waals surface area contributed by atoms with Crippen LogP contribution in [-0.2, 0) is 17.9 Å². The number of carbonyl (C=O) groups excluding carboxylic acids is 1. The predicted molar refractivity (Wildman–Crippen MR) is 151 cm³/mol. The Bertz CT molecular complexity index is 1310. The Morgan fingerprint density at radius 1 is 0.946 bits per heavy atom. The van der Waals surface area contributed by atoms with E-state index in [1.165, 1.54) is 0 Å². The third kappa shape index (κ3) is 7.97. The van der Waals surface area contributed by atoms with Gasteiger partial charge in [0.25, 0.3) is 0 Å². The van der Waals surface area contributed by atoms with Crippen LogP contribution in [0.25, 0.3) is 11.3 Å². The normalized spacial score (nSPS) is 11.8. The molecule has 0 saturated heterocycles. The van der Waals surface area contributed by atoms with E-state index >= 15 is 0 Å². The van der Waals surface area contributed by atoms with E-state index in [1.807, 2.05) is 73.1 Å². The molecule has 2 aromatic heterocycles. The van der Waals surface area contributed by atoms with Crippen LogP contribution in [0.5, 0.6) is 0 Å². The van der Waals surface area contributed by atoms with Gasteiger partial charge in [0, 0.05) is 47.2 Å². The molecule has 7 nitrogen and oxygen atoms in total. The second-order valence-electron chi connectivity index (χ2n) is 9.22. The molecule has 9 heteroatoms. The van der Waals surface area contributed by atoms with E-state index in [1.54, 1.807) is 0 Å². The van der Waals surface area contributed by atoms with Crippen molar-refractivity contribution >= 4 is 40.9 Å². The van der Waals surface area contributed by atoms with E-state index < -0.39 is 6.04 Å². The molecule has 0 radical (unpaired) electrons. The van der Waals surface area contributed by atoms with Gasteiger partial charge in [-0.05, 0) is 53.8 Å². The number of carbonyl (C=O) groups is 1. The van der Waals surface area contributed by atoms with Crippen LogP contribution in [0.4, 0.5) is 11.8 Å². The number of hydrogen-bond acceptors (Lipinski definition) is 5. The zero-order chi connectivity index (χ0) is 26.2. The Hall–Kier alpha value is -3.55. The summed E-state index contributed by atoms with van der Waals surface area (Å²) in [6, 6.07) is 18.4. The Kier molecular flexibility index (Phi) is 9.04. The summed E-state index contributed by atoms with van der Waals surface area (Å²) in [6.45, 7) is 5.10. The fraction of sp³-hybridized carbons (Fsp3) is 0.250. The van der Waals surface area contributed by atoms with Crippen LogP contribution in [-0.4, -0.2) is 26.9 Å². The summed E-state index contributed by atoms with van der Waals surface area (Å²) in [5.74, 6) is 1.21. The number of amides is 1. The number of nitrogens with one attached hydrogen (secondary N) is 4. The molecule has 4 aromatic rings. The number of benzene rings is 2. The maximum absolute atomic E-state index is 13.2. The first-order valence-electron chi connectivity index (χ1n) is 12.1. The largest absolute Gasteiger partial charge is 0.367 e. The molecule has 1 unspecified atom stereocenters. The van der Waals surface area contributed by atoms with E-state index in [0.717, 1.165) is 22.4 Å². The third-order valence-electron chi connectivity index (χ3n) is 5.69. The average molecular weight is 537 g/mol. The van der Waals surface area contributed by atoms with E-state index in [0.29, 0.717) is 47.2 Å². The van der Waals surface area contributed by atoms with Crippen LogP contribution >= 0.6 is 23.2 Å². The Labute approximate surface area is 227 Å². The van der Waals surface area contributed by atoms with Crippen molar-refractivity contribution < 1.29 is 4.79 Å². The summed E-state index contributed by atoms with van der Waals surface area (Å²) < 4.78 is 0. The molecular weight excluding hydrogens is 507 g/mol. The van der Waals surface area contributed by atoms with Gasteiger partial charge in [-0.15, -0.1) is 0 Å². The molecule has 2 heterocycles. The van der Waals surface area contributed by atoms with E-state index in [2.05, 4.69) is 44.7 Å². The first kappa shape index (κ1) is 26.5. The molecule has 1 amide bonds. The lowest BCUT2D eigenvalue weighted by Crippen LogP contribution is -2.40. The molecule has 1 atom stereocenters. The van der Waals surface area contributed by atoms with Gasteiger partial charge in [0.15, 0.2) is 0 Å². The van der Waals surface area contributed by atoms with E-state index in [-0.39, 0.29) is 5.91 Å². The highest BCUT2D eigenvalue weighted by atomic mass is 35.5. The van der Waals surface area contributed by atoms with Crippen molar-refractivity contribution in [2.75, 3.05) is 10.6 Å². The number of H-pyrrole nitrogens is 1. The van der Waals surface area contributed by atoms with Gasteiger partial charge in [0.05, 0.1) is 5.69 Å². The number of hydrogen-bond donors (Lipinski definition) is 4. The zero-order valence-electron chi connectivity index (χ0n) is 20.8. The molecule has 4 N–H and O–H groups in total. The van der Waals surface area contributed by atoms with Crippen LogP contribution in [0, 0.1) is 5.92 Å². The predicted octanol–water partition coefficient (Wildman–Crippen LogP) is 6.53. The Balaban J connectivity index is 1.53. The van der Waals surface area contributed by atoms with E-state index in [4.69, 9.17) is 23.2 Å². The third-order valence-corrected chi connectivity index (χ3v) is 6.17. The number of nitrogens with zero attached hydrogens (tertiary/aromatic N) is 2. The highest BCUT2D eigenvalue weighted by Gasteiger charge is 2.21. The van der Waals surface area contributed by atoms with Gasteiger partial charge in [-0.1, -0.05) is 61.3 Å². The highest BCUT2D eigenvalue weighted by Crippen LogP contribution is 2.23. The fourth-order valence-electron chi connectivity index (χ4n) is 3.86. The number of rotatable bonds is 11. The minimum absolute atomic E-state index is 0.0982. The van der Waals surface area contributed by atoms with Crippen LogP contribution in [0.15, 0.2) is 73.1 Å². The minimum Gasteiger partial charge on any atom is -0.367 e. The van der Waals surface area contributed by atoms with Gasteiger partial charge in [-0.3, -0.25) is 4.79 Å². The van der Waals surface area contributed by atoms with Crippen LogP contribution in [0.1, 0.15) is 31.4 Å². The summed E-state index contributed by atoms with van der Waals surface area (Å²) >= 11 is 12.1. The molecule has 37 heavy (non-hydrogen) atoms. The van der Waals surface area contributed by atoms with Crippen LogP contribution < -0.4 is 16.0 Å². The van der Waals surface area contributed by atoms with Crippen molar-refractivity contribution in [2.45, 2.75) is 39.4 Å². The molecule has 0 aliphatic rings. The molecule has 192 valence electrons. The standard InChI is InChI=1S/C28H30Cl2N6O/c1-18(2)12-25(27(37)32-15-19-6-8-22(29)9-7-19)34-26-14-24(21-10-11-31-17-21)35-28(36-26)33-16-20-4-3-5-23(30)13-20/h3-11,13-14,17-18,25,31H,12,15-16H2,1-2H3,(H,32,37)(H2,33,34,35,36). The highest BCUT2D eigenvalue weighted by molar-refractivity contribution is 6.30. The number of anilines is 2. The summed E-state index contributed by atoms with van der Waals surface area (Å²) in [5.41, 5.74) is 3.64. The lowest BCUT2D eigenvalue weighted by molar-refractivity contribution is -0.122. The smallest absolute Gasteiger partial charge is 0.242 e. The van der Waals surface area contributed by atoms with Gasteiger partial charge in [-0.2, -0.15) is 4.98 Å². The maximum atomic E-state index is 13.2. The average Bonchev–Trinajstić information content (AvgIpc) is 3.42. The minimum atomic E-state index is -0.470. The maximum Gasteiger partial charge on any atom is 0.242 e. The van der Waals surface area contributed by atoms with Gasteiger partial charge < -0.3 is 20.9 Å². The molecule has 0 bridgehead atoms. The van der Waals surface area contributed by atoms with E-state index in [9.17, 15) is 4.79 Å². The lowest BCUT2D eigenvalue weighted by Gasteiger charge is -2.21. The monoisotopic (exact) mass is 536 g/mol. The molecule has 4 rings (SSSR count). The quantitative estimate of drug-likeness (QED) is 0.174. The van der Waals surface area contributed by atoms with Gasteiger partial charge >= 0.3 is 0 Å². The second kappa shape index (κ2) is 12.6. The van der Waals surface area contributed by atoms with Gasteiger partial charge in [-0.25, -0.2) is 4.98 Å². The number of aromatic amines is 1. The van der Waals surface area contributed by atoms with Crippen molar-refractivity contribution in [3.63, 3.8) is 0 Å². The van der Waals surface area contributed by atoms with Gasteiger partial charge in [0.2, 0.25) is 11.9 Å². The summed E-state index contributed by atoms with van der Waals surface area (Å²) in [4.78, 5) is 25.6. The van der Waals surface area contributed by atoms with Crippen molar-refractivity contribution in [2.24, 2.45) is 5.92 Å². The molecule has 2 aromatic carbocycles. The number of halogens is 2. The zero-order valence-corrected chi connectivity index (χ0v) is 22.3. The second-order valence-corrected chi connectivity index (χ2v) is 10.1. The molecule has 0 spiro atoms. The first-order chi connectivity index (χ1) is 17.9. The molecule has 0 aliphatic heterocycles. The lowest BCUT2D eigenvalue weighted by atomic mass is 10.0. The van der Waals surface area contributed by atoms with Crippen molar-refractivity contribution in [3.8, 4) is 11.3 Å². The SMILES string of the molecule is CC(C)CC(Nc1cc(-c2cc[nH]c2)nc(NCc2cccc(Cl)c2)n1)C(=O)NCc1ccc(Cl)cc1. The van der Waals surface area contributed by atoms with Crippen molar-refractivity contribution in [3.05, 3.63) is 94.2 Å². The van der Waals surface area contributed by atoms with Crippen LogP contribution in [0.2, 0.25) is 10.0 Å². The molecule has 0 aliphatic carbocycles. The Morgan fingerprint density at radius 3 is 2.46 bits per heavy atom. The topological polar surface area (TPSA) is 94.7 Å². The molecular formula is C28H30Cl2N6O. The van der Waals surface area contributed by atoms with Crippen molar-refractivity contribution in [1.82, 2.24) is 20.3 Å². The number of aromatic nitrogens is 3. The van der Waals surface area contributed by atoms with Gasteiger partial charge in [0.1, 0.15) is 11.9 Å². The summed E-state index contributed by atoms with van der Waals surface area (Å²) in [7, 11) is 0. The fourth-order valence-corrected chi connectivity index (χ4v) is 4.19.